The predicted molar refractivity (Wildman–Crippen MR) is 188 cm³/mol. The van der Waals surface area contributed by atoms with Crippen LogP contribution in [0.3, 0.4) is 0 Å². The van der Waals surface area contributed by atoms with Crippen molar-refractivity contribution < 1.29 is 54.0 Å². The molecule has 3 aliphatic rings. The number of carbonyl (C=O) groups is 1. The molecular weight excluding hydrogens is 648 g/mol. The van der Waals surface area contributed by atoms with Crippen molar-refractivity contribution in [3.63, 3.8) is 0 Å². The monoisotopic (exact) mass is 718 g/mol. The number of aliphatic hydroxyl groups excluding tert-OH is 3. The van der Waals surface area contributed by atoms with Crippen molar-refractivity contribution in [3.05, 3.63) is 0 Å². The highest BCUT2D eigenvalue weighted by Gasteiger charge is 2.54. The molecule has 50 heavy (non-hydrogen) atoms. The minimum Gasteiger partial charge on any atom is -0.459 e. The molecular formula is C37H70N2O11. The van der Waals surface area contributed by atoms with Gasteiger partial charge in [-0.25, -0.2) is 0 Å². The fourth-order valence-corrected chi connectivity index (χ4v) is 9.08. The average Bonchev–Trinajstić information content (AvgIpc) is 3.04. The standard InChI is InChI=1S/C37H70N2O11/c1-14-27-37(10,45)30(41)23(6)39(12)18-19(2)16-35(8,44)32(50-34-29(40)25(38-11)15-20(3)47-34)21(4)28(22(5)33(43)49-27)26-17-36(9,46-13)31(42)24(7)48-26/h19-32,34,38,40-42,44-45H,14-18H2,1-13H3/t19-,20-,21+,22-,23-,24+,25+,26?,27-,28+,29?,30-,31+,32-,34+,35-,36-,37-/m1/s1. The molecule has 0 spiro atoms. The van der Waals surface area contributed by atoms with Crippen LogP contribution >= 0.6 is 0 Å². The van der Waals surface area contributed by atoms with Crippen LogP contribution < -0.4 is 5.32 Å². The van der Waals surface area contributed by atoms with Crippen LogP contribution in [0.4, 0.5) is 0 Å². The lowest BCUT2D eigenvalue weighted by Crippen LogP contribution is -2.61. The van der Waals surface area contributed by atoms with Gasteiger partial charge >= 0.3 is 5.97 Å². The lowest BCUT2D eigenvalue weighted by molar-refractivity contribution is -0.297. The van der Waals surface area contributed by atoms with E-state index in [0.29, 0.717) is 13.0 Å². The number of hydrogen-bond donors (Lipinski definition) is 6. The third-order valence-corrected chi connectivity index (χ3v) is 12.3. The fourth-order valence-electron chi connectivity index (χ4n) is 9.08. The molecule has 18 atom stereocenters. The molecule has 3 rings (SSSR count). The Hall–Kier alpha value is -0.970. The zero-order valence-corrected chi connectivity index (χ0v) is 32.8. The van der Waals surface area contributed by atoms with Crippen molar-refractivity contribution in [2.24, 2.45) is 23.7 Å². The van der Waals surface area contributed by atoms with Gasteiger partial charge in [0.2, 0.25) is 0 Å². The number of rotatable bonds is 6. The Labute approximate surface area is 300 Å². The summed E-state index contributed by atoms with van der Waals surface area (Å²) in [5.41, 5.74) is -4.29. The van der Waals surface area contributed by atoms with E-state index < -0.39 is 95.6 Å². The van der Waals surface area contributed by atoms with E-state index in [1.54, 1.807) is 34.7 Å². The minimum atomic E-state index is -1.77. The van der Waals surface area contributed by atoms with Crippen LogP contribution in [-0.2, 0) is 28.5 Å². The molecule has 0 aromatic carbocycles. The lowest BCUT2D eigenvalue weighted by atomic mass is 9.68. The molecule has 0 aliphatic carbocycles. The molecule has 2 unspecified atom stereocenters. The summed E-state index contributed by atoms with van der Waals surface area (Å²) in [5.74, 6) is -2.87. The number of esters is 1. The van der Waals surface area contributed by atoms with Crippen molar-refractivity contribution in [3.8, 4) is 0 Å². The largest absolute Gasteiger partial charge is 0.459 e. The molecule has 3 aliphatic heterocycles. The Morgan fingerprint density at radius 3 is 2.16 bits per heavy atom. The van der Waals surface area contributed by atoms with E-state index in [0.717, 1.165) is 0 Å². The van der Waals surface area contributed by atoms with Gasteiger partial charge in [0.1, 0.15) is 30.0 Å². The minimum absolute atomic E-state index is 0.118. The highest BCUT2D eigenvalue weighted by Crippen LogP contribution is 2.44. The van der Waals surface area contributed by atoms with E-state index in [1.165, 1.54) is 14.0 Å². The van der Waals surface area contributed by atoms with E-state index in [9.17, 15) is 30.3 Å². The highest BCUT2D eigenvalue weighted by atomic mass is 16.7. The Kier molecular flexibility index (Phi) is 14.8. The van der Waals surface area contributed by atoms with Gasteiger partial charge < -0.3 is 59.4 Å². The summed E-state index contributed by atoms with van der Waals surface area (Å²) in [7, 11) is 5.16. The number of ether oxygens (including phenoxy) is 5. The van der Waals surface area contributed by atoms with Gasteiger partial charge in [0.15, 0.2) is 6.29 Å². The molecule has 0 aromatic rings. The molecule has 3 fully saturated rings. The van der Waals surface area contributed by atoms with Gasteiger partial charge in [-0.15, -0.1) is 0 Å². The van der Waals surface area contributed by atoms with Crippen LogP contribution in [0.2, 0.25) is 0 Å². The first-order chi connectivity index (χ1) is 23.1. The van der Waals surface area contributed by atoms with Crippen LogP contribution in [0.25, 0.3) is 0 Å². The number of methoxy groups -OCH3 is 1. The number of likely N-dealkylation sites (N-methyl/N-ethyl adjacent to an activating group) is 2. The summed E-state index contributed by atoms with van der Waals surface area (Å²) in [5, 5.41) is 61.3. The molecule has 13 nitrogen and oxygen atoms in total. The molecule has 3 saturated heterocycles. The van der Waals surface area contributed by atoms with Crippen LogP contribution in [0.15, 0.2) is 0 Å². The maximum atomic E-state index is 14.3. The summed E-state index contributed by atoms with van der Waals surface area (Å²) in [6.45, 7) is 18.4. The first-order valence-corrected chi connectivity index (χ1v) is 18.6. The van der Waals surface area contributed by atoms with E-state index >= 15 is 0 Å². The summed E-state index contributed by atoms with van der Waals surface area (Å²) in [6.07, 6.45) is -6.56. The van der Waals surface area contributed by atoms with Gasteiger partial charge in [0.05, 0.1) is 41.5 Å². The van der Waals surface area contributed by atoms with Crippen molar-refractivity contribution >= 4 is 5.97 Å². The highest BCUT2D eigenvalue weighted by molar-refractivity contribution is 5.73. The molecule has 0 aromatic heterocycles. The summed E-state index contributed by atoms with van der Waals surface area (Å²) in [4.78, 5) is 16.2. The molecule has 6 N–H and O–H groups in total. The zero-order chi connectivity index (χ0) is 38.1. The normalized spacial score (nSPS) is 51.0. The molecule has 0 saturated carbocycles. The molecule has 0 bridgehead atoms. The fraction of sp³-hybridized carbons (Fsp3) is 0.973. The second-order valence-electron chi connectivity index (χ2n) is 16.6. The third kappa shape index (κ3) is 9.21. The maximum absolute atomic E-state index is 14.3. The third-order valence-electron chi connectivity index (χ3n) is 12.3. The van der Waals surface area contributed by atoms with E-state index in [2.05, 4.69) is 5.32 Å². The van der Waals surface area contributed by atoms with Crippen LogP contribution in [0, 0.1) is 23.7 Å². The maximum Gasteiger partial charge on any atom is 0.309 e. The SMILES string of the molecule is CC[C@H]1OC(=O)[C@H](C)[C@@H](C2C[C@@](C)(OC)[C@@H](O)[C@H](C)O2)[C@H](C)[C@@H](O[C@@H]2O[C@H](C)C[C@H](NC)C2O)[C@](C)(O)C[C@@H](C)CN(C)[C@H](C)[C@@H](O)[C@]1(C)O. The lowest BCUT2D eigenvalue weighted by Gasteiger charge is -2.51. The van der Waals surface area contributed by atoms with Gasteiger partial charge in [0.25, 0.3) is 0 Å². The van der Waals surface area contributed by atoms with E-state index in [-0.39, 0.29) is 37.3 Å². The molecule has 13 heteroatoms. The molecule has 0 amide bonds. The molecule has 0 radical (unpaired) electrons. The van der Waals surface area contributed by atoms with E-state index in [1.807, 2.05) is 46.6 Å². The van der Waals surface area contributed by atoms with E-state index in [4.69, 9.17) is 23.7 Å². The number of hydrogen-bond acceptors (Lipinski definition) is 13. The smallest absolute Gasteiger partial charge is 0.309 e. The summed E-state index contributed by atoms with van der Waals surface area (Å²) >= 11 is 0. The molecule has 3 heterocycles. The van der Waals surface area contributed by atoms with Crippen molar-refractivity contribution in [1.29, 1.82) is 0 Å². The first kappa shape index (κ1) is 43.4. The number of cyclic esters (lactones) is 1. The predicted octanol–water partition coefficient (Wildman–Crippen LogP) is 1.83. The Morgan fingerprint density at radius 1 is 0.980 bits per heavy atom. The van der Waals surface area contributed by atoms with Gasteiger partial charge in [-0.3, -0.25) is 4.79 Å². The van der Waals surface area contributed by atoms with Crippen LogP contribution in [0.1, 0.15) is 94.9 Å². The van der Waals surface area contributed by atoms with Gasteiger partial charge in [-0.1, -0.05) is 27.7 Å². The Morgan fingerprint density at radius 2 is 1.60 bits per heavy atom. The van der Waals surface area contributed by atoms with Crippen molar-refractivity contribution in [2.75, 3.05) is 27.7 Å². The second-order valence-corrected chi connectivity index (χ2v) is 16.6. The van der Waals surface area contributed by atoms with Crippen molar-refractivity contribution in [1.82, 2.24) is 10.2 Å². The van der Waals surface area contributed by atoms with Crippen molar-refractivity contribution in [2.45, 2.75) is 179 Å². The van der Waals surface area contributed by atoms with Gasteiger partial charge in [-0.2, -0.15) is 0 Å². The topological polar surface area (TPSA) is 180 Å². The first-order valence-electron chi connectivity index (χ1n) is 18.6. The number of aliphatic hydroxyl groups is 5. The average molecular weight is 719 g/mol. The number of nitrogens with one attached hydrogen (secondary N) is 1. The molecule has 294 valence electrons. The Bertz CT molecular complexity index is 1100. The number of carbonyl (C=O) groups excluding carboxylic acids is 1. The number of nitrogens with zero attached hydrogens (tertiary/aromatic N) is 1. The van der Waals surface area contributed by atoms with Gasteiger partial charge in [0, 0.05) is 38.1 Å². The second kappa shape index (κ2) is 17.0. The Balaban J connectivity index is 2.22. The van der Waals surface area contributed by atoms with Crippen LogP contribution in [-0.4, -0.2) is 148 Å². The quantitative estimate of drug-likeness (QED) is 0.219. The van der Waals surface area contributed by atoms with Crippen LogP contribution in [0.5, 0.6) is 0 Å². The van der Waals surface area contributed by atoms with Gasteiger partial charge in [-0.05, 0) is 86.7 Å². The zero-order valence-electron chi connectivity index (χ0n) is 32.8. The summed E-state index contributed by atoms with van der Waals surface area (Å²) in [6, 6.07) is -0.825. The summed E-state index contributed by atoms with van der Waals surface area (Å²) < 4.78 is 31.3.